The van der Waals surface area contributed by atoms with Crippen molar-refractivity contribution in [3.63, 3.8) is 0 Å². The Morgan fingerprint density at radius 2 is 1.94 bits per heavy atom. The number of ether oxygens (including phenoxy) is 1. The van der Waals surface area contributed by atoms with Gasteiger partial charge >= 0.3 is 0 Å². The van der Waals surface area contributed by atoms with Crippen molar-refractivity contribution in [2.75, 3.05) is 13.7 Å². The molecule has 4 aromatic rings. The van der Waals surface area contributed by atoms with Gasteiger partial charge in [0.2, 0.25) is 5.88 Å². The van der Waals surface area contributed by atoms with Crippen molar-refractivity contribution in [3.8, 4) is 17.1 Å². The van der Waals surface area contributed by atoms with Crippen LogP contribution in [0.5, 0.6) is 5.88 Å². The SMILES string of the molecule is COc1c2ccc(C(=O)N3CCCC3Cn3nc(-c4ccncc4)ccc3=O)cc2nn1C. The number of fused-ring (bicyclic) bond motifs is 1. The molecule has 9 heteroatoms. The molecule has 1 aromatic carbocycles. The highest BCUT2D eigenvalue weighted by Gasteiger charge is 2.30. The second-order valence-corrected chi connectivity index (χ2v) is 8.13. The Kier molecular flexibility index (Phi) is 5.37. The quantitative estimate of drug-likeness (QED) is 0.469. The number of carbonyl (C=O) groups is 1. The average molecular weight is 444 g/mol. The fourth-order valence-electron chi connectivity index (χ4n) is 4.47. The molecule has 1 unspecified atom stereocenters. The van der Waals surface area contributed by atoms with Crippen LogP contribution in [0.4, 0.5) is 0 Å². The number of hydrogen-bond acceptors (Lipinski definition) is 6. The lowest BCUT2D eigenvalue weighted by atomic mass is 10.1. The molecule has 0 bridgehead atoms. The molecule has 0 aliphatic carbocycles. The number of methoxy groups -OCH3 is 1. The summed E-state index contributed by atoms with van der Waals surface area (Å²) < 4.78 is 8.51. The lowest BCUT2D eigenvalue weighted by molar-refractivity contribution is 0.0720. The van der Waals surface area contributed by atoms with Gasteiger partial charge in [-0.25, -0.2) is 9.36 Å². The van der Waals surface area contributed by atoms with Gasteiger partial charge in [0.1, 0.15) is 0 Å². The van der Waals surface area contributed by atoms with Crippen LogP contribution in [-0.4, -0.2) is 55.0 Å². The third-order valence-electron chi connectivity index (χ3n) is 6.08. The highest BCUT2D eigenvalue weighted by molar-refractivity contribution is 5.99. The number of nitrogens with zero attached hydrogens (tertiary/aromatic N) is 6. The second kappa shape index (κ2) is 8.50. The minimum absolute atomic E-state index is 0.0673. The van der Waals surface area contributed by atoms with E-state index in [0.29, 0.717) is 35.7 Å². The number of rotatable bonds is 5. The second-order valence-electron chi connectivity index (χ2n) is 8.13. The van der Waals surface area contributed by atoms with Crippen LogP contribution in [0.2, 0.25) is 0 Å². The number of pyridine rings is 1. The minimum atomic E-state index is -0.186. The van der Waals surface area contributed by atoms with Gasteiger partial charge in [0.05, 0.1) is 36.3 Å². The van der Waals surface area contributed by atoms with E-state index in [9.17, 15) is 9.59 Å². The van der Waals surface area contributed by atoms with E-state index in [1.54, 1.807) is 42.4 Å². The number of hydrogen-bond donors (Lipinski definition) is 0. The van der Waals surface area contributed by atoms with Crippen LogP contribution in [-0.2, 0) is 13.6 Å². The first kappa shape index (κ1) is 20.9. The van der Waals surface area contributed by atoms with Crippen LogP contribution in [0.15, 0.2) is 59.7 Å². The summed E-state index contributed by atoms with van der Waals surface area (Å²) in [6, 6.07) is 12.3. The molecular formula is C24H24N6O3. The van der Waals surface area contributed by atoms with Crippen LogP contribution in [0.1, 0.15) is 23.2 Å². The summed E-state index contributed by atoms with van der Waals surface area (Å²) in [6.45, 7) is 0.995. The summed E-state index contributed by atoms with van der Waals surface area (Å²) in [5.74, 6) is 0.588. The molecule has 4 heterocycles. The highest BCUT2D eigenvalue weighted by Crippen LogP contribution is 2.27. The molecule has 5 rings (SSSR count). The molecule has 0 radical (unpaired) electrons. The minimum Gasteiger partial charge on any atom is -0.481 e. The van der Waals surface area contributed by atoms with Gasteiger partial charge in [-0.3, -0.25) is 14.6 Å². The fourth-order valence-corrected chi connectivity index (χ4v) is 4.47. The third kappa shape index (κ3) is 3.86. The number of benzene rings is 1. The van der Waals surface area contributed by atoms with E-state index in [1.807, 2.05) is 30.1 Å². The molecule has 33 heavy (non-hydrogen) atoms. The molecule has 0 spiro atoms. The molecule has 1 aliphatic rings. The van der Waals surface area contributed by atoms with Crippen molar-refractivity contribution in [3.05, 3.63) is 70.8 Å². The summed E-state index contributed by atoms with van der Waals surface area (Å²) in [6.07, 6.45) is 5.09. The van der Waals surface area contributed by atoms with Crippen LogP contribution >= 0.6 is 0 Å². The number of aryl methyl sites for hydroxylation is 1. The largest absolute Gasteiger partial charge is 0.481 e. The van der Waals surface area contributed by atoms with Gasteiger partial charge in [-0.1, -0.05) is 0 Å². The van der Waals surface area contributed by atoms with Crippen LogP contribution < -0.4 is 10.3 Å². The molecule has 168 valence electrons. The number of likely N-dealkylation sites (tertiary alicyclic amines) is 1. The van der Waals surface area contributed by atoms with E-state index in [1.165, 1.54) is 10.7 Å². The van der Waals surface area contributed by atoms with E-state index in [0.717, 1.165) is 23.8 Å². The first-order valence-corrected chi connectivity index (χ1v) is 10.9. The Labute approximate surface area is 190 Å². The first-order valence-electron chi connectivity index (χ1n) is 10.9. The lowest BCUT2D eigenvalue weighted by Crippen LogP contribution is -2.40. The van der Waals surface area contributed by atoms with Crippen molar-refractivity contribution in [2.24, 2.45) is 7.05 Å². The Bertz CT molecular complexity index is 1380. The molecule has 3 aromatic heterocycles. The first-order chi connectivity index (χ1) is 16.0. The molecule has 1 atom stereocenters. The predicted molar refractivity (Wildman–Crippen MR) is 123 cm³/mol. The van der Waals surface area contributed by atoms with Crippen molar-refractivity contribution in [2.45, 2.75) is 25.4 Å². The third-order valence-corrected chi connectivity index (χ3v) is 6.08. The van der Waals surface area contributed by atoms with Gasteiger partial charge in [0, 0.05) is 43.2 Å². The van der Waals surface area contributed by atoms with E-state index in [2.05, 4.69) is 15.2 Å². The maximum Gasteiger partial charge on any atom is 0.266 e. The van der Waals surface area contributed by atoms with Crippen LogP contribution in [0.3, 0.4) is 0 Å². The molecule has 0 saturated carbocycles. The van der Waals surface area contributed by atoms with Gasteiger partial charge in [0.25, 0.3) is 11.5 Å². The zero-order chi connectivity index (χ0) is 22.9. The zero-order valence-corrected chi connectivity index (χ0v) is 18.5. The lowest BCUT2D eigenvalue weighted by Gasteiger charge is -2.25. The smallest absolute Gasteiger partial charge is 0.266 e. The molecule has 9 nitrogen and oxygen atoms in total. The molecule has 1 aliphatic heterocycles. The van der Waals surface area contributed by atoms with E-state index in [-0.39, 0.29) is 17.5 Å². The molecule has 1 amide bonds. The number of aromatic nitrogens is 5. The number of carbonyl (C=O) groups excluding carboxylic acids is 1. The summed E-state index contributed by atoms with van der Waals surface area (Å²) in [7, 11) is 3.41. The van der Waals surface area contributed by atoms with Gasteiger partial charge in [-0.05, 0) is 49.2 Å². The monoisotopic (exact) mass is 444 g/mol. The van der Waals surface area contributed by atoms with E-state index in [4.69, 9.17) is 4.74 Å². The molecule has 0 N–H and O–H groups in total. The maximum atomic E-state index is 13.4. The maximum absolute atomic E-state index is 13.4. The zero-order valence-electron chi connectivity index (χ0n) is 18.5. The van der Waals surface area contributed by atoms with Gasteiger partial charge in [0.15, 0.2) is 0 Å². The Hall–Kier alpha value is -4.01. The van der Waals surface area contributed by atoms with Gasteiger partial charge in [-0.15, -0.1) is 0 Å². The van der Waals surface area contributed by atoms with Crippen molar-refractivity contribution in [1.82, 2.24) is 29.4 Å². The Balaban J connectivity index is 1.40. The summed E-state index contributed by atoms with van der Waals surface area (Å²) in [5.41, 5.74) is 2.67. The Morgan fingerprint density at radius 3 is 2.73 bits per heavy atom. The highest BCUT2D eigenvalue weighted by atomic mass is 16.5. The molecular weight excluding hydrogens is 420 g/mol. The van der Waals surface area contributed by atoms with Crippen molar-refractivity contribution < 1.29 is 9.53 Å². The van der Waals surface area contributed by atoms with E-state index < -0.39 is 0 Å². The standard InChI is InChI=1S/C24H24N6O3/c1-28-24(33-2)19-6-5-17(14-21(19)26-28)23(32)29-13-3-4-18(29)15-30-22(31)8-7-20(27-30)16-9-11-25-12-10-16/h5-12,14,18H,3-4,13,15H2,1-2H3. The van der Waals surface area contributed by atoms with Crippen LogP contribution in [0.25, 0.3) is 22.2 Å². The van der Waals surface area contributed by atoms with Crippen molar-refractivity contribution >= 4 is 16.8 Å². The van der Waals surface area contributed by atoms with E-state index >= 15 is 0 Å². The normalized spacial score (nSPS) is 15.8. The topological polar surface area (TPSA) is 95.1 Å². The average Bonchev–Trinajstić information content (AvgIpc) is 3.43. The summed E-state index contributed by atoms with van der Waals surface area (Å²) in [4.78, 5) is 31.8. The number of amides is 1. The van der Waals surface area contributed by atoms with Crippen molar-refractivity contribution in [1.29, 1.82) is 0 Å². The summed E-state index contributed by atoms with van der Waals surface area (Å²) in [5, 5.41) is 9.86. The summed E-state index contributed by atoms with van der Waals surface area (Å²) >= 11 is 0. The van der Waals surface area contributed by atoms with Gasteiger partial charge in [-0.2, -0.15) is 10.2 Å². The van der Waals surface area contributed by atoms with Gasteiger partial charge < -0.3 is 9.64 Å². The molecule has 1 saturated heterocycles. The van der Waals surface area contributed by atoms with Crippen LogP contribution in [0, 0.1) is 0 Å². The predicted octanol–water partition coefficient (Wildman–Crippen LogP) is 2.51. The molecule has 1 fully saturated rings. The fraction of sp³-hybridized carbons (Fsp3) is 0.292. The Morgan fingerprint density at radius 1 is 1.12 bits per heavy atom.